The normalized spacial score (nSPS) is 17.9. The second kappa shape index (κ2) is 5.53. The Morgan fingerprint density at radius 1 is 1.42 bits per heavy atom. The Hall–Kier alpha value is -1.04. The maximum atomic E-state index is 6.07. The predicted molar refractivity (Wildman–Crippen MR) is 80.1 cm³/mol. The molecule has 0 radical (unpaired) electrons. The van der Waals surface area contributed by atoms with Gasteiger partial charge in [0, 0.05) is 22.1 Å². The van der Waals surface area contributed by atoms with Crippen molar-refractivity contribution in [1.82, 2.24) is 10.3 Å². The quantitative estimate of drug-likeness (QED) is 0.940. The van der Waals surface area contributed by atoms with E-state index in [2.05, 4.69) is 23.3 Å². The van der Waals surface area contributed by atoms with Gasteiger partial charge in [0.1, 0.15) is 10.8 Å². The van der Waals surface area contributed by atoms with E-state index < -0.39 is 0 Å². The monoisotopic (exact) mass is 292 g/mol. The summed E-state index contributed by atoms with van der Waals surface area (Å²) in [5.74, 6) is 1.91. The summed E-state index contributed by atoms with van der Waals surface area (Å²) in [7, 11) is 1.96. The van der Waals surface area contributed by atoms with Gasteiger partial charge in [0.15, 0.2) is 6.10 Å². The van der Waals surface area contributed by atoms with Crippen molar-refractivity contribution in [3.05, 3.63) is 39.8 Å². The summed E-state index contributed by atoms with van der Waals surface area (Å²) < 4.78 is 6.07. The predicted octanol–water partition coefficient (Wildman–Crippen LogP) is 3.40. The largest absolute Gasteiger partial charge is 0.481 e. The van der Waals surface area contributed by atoms with Gasteiger partial charge in [0.2, 0.25) is 0 Å². The average Bonchev–Trinajstić information content (AvgIpc) is 2.80. The molecule has 0 spiro atoms. The fraction of sp³-hybridized carbons (Fsp3) is 0.357. The molecule has 1 aromatic carbocycles. The minimum atomic E-state index is 0.0780. The third-order valence-electron chi connectivity index (χ3n) is 3.03. The first-order valence-corrected chi connectivity index (χ1v) is 8.07. The summed E-state index contributed by atoms with van der Waals surface area (Å²) in [6, 6.07) is 8.20. The number of aryl methyl sites for hydroxylation is 1. The molecular formula is C14H16N2OS2. The summed E-state index contributed by atoms with van der Waals surface area (Å²) >= 11 is 3.60. The summed E-state index contributed by atoms with van der Waals surface area (Å²) in [6.45, 7) is 2.94. The minimum absolute atomic E-state index is 0.0780. The molecular weight excluding hydrogens is 276 g/mol. The number of fused-ring (bicyclic) bond motifs is 1. The lowest BCUT2D eigenvalue weighted by Crippen LogP contribution is -2.14. The zero-order chi connectivity index (χ0) is 13.2. The number of hydrogen-bond donors (Lipinski definition) is 1. The van der Waals surface area contributed by atoms with E-state index >= 15 is 0 Å². The molecule has 1 aliphatic heterocycles. The van der Waals surface area contributed by atoms with E-state index in [0.717, 1.165) is 28.7 Å². The molecule has 2 heterocycles. The molecule has 0 aliphatic carbocycles. The first-order chi connectivity index (χ1) is 9.28. The van der Waals surface area contributed by atoms with Crippen LogP contribution in [-0.2, 0) is 6.54 Å². The van der Waals surface area contributed by atoms with Gasteiger partial charge in [-0.1, -0.05) is 12.1 Å². The number of thiazole rings is 1. The van der Waals surface area contributed by atoms with Crippen LogP contribution in [-0.4, -0.2) is 17.8 Å². The molecule has 1 atom stereocenters. The van der Waals surface area contributed by atoms with Gasteiger partial charge < -0.3 is 10.1 Å². The zero-order valence-corrected chi connectivity index (χ0v) is 12.6. The van der Waals surface area contributed by atoms with Crippen LogP contribution in [0.2, 0.25) is 0 Å². The van der Waals surface area contributed by atoms with Crippen LogP contribution in [0.25, 0.3) is 0 Å². The van der Waals surface area contributed by atoms with Crippen LogP contribution in [0.1, 0.15) is 21.7 Å². The van der Waals surface area contributed by atoms with Crippen molar-refractivity contribution < 1.29 is 4.74 Å². The molecule has 1 aliphatic rings. The maximum Gasteiger partial charge on any atom is 0.159 e. The van der Waals surface area contributed by atoms with Crippen molar-refractivity contribution in [3.8, 4) is 5.75 Å². The molecule has 0 fully saturated rings. The molecule has 100 valence electrons. The Morgan fingerprint density at radius 3 is 3.11 bits per heavy atom. The minimum Gasteiger partial charge on any atom is -0.481 e. The highest BCUT2D eigenvalue weighted by atomic mass is 32.2. The SMILES string of the molecule is CNCc1sc(C2CSc3ccccc3O2)nc1C. The van der Waals surface area contributed by atoms with E-state index in [1.54, 1.807) is 11.3 Å². The molecule has 1 N–H and O–H groups in total. The molecule has 0 bridgehead atoms. The zero-order valence-electron chi connectivity index (χ0n) is 11.0. The Kier molecular flexibility index (Phi) is 3.77. The van der Waals surface area contributed by atoms with E-state index in [-0.39, 0.29) is 6.10 Å². The van der Waals surface area contributed by atoms with E-state index in [1.165, 1.54) is 9.77 Å². The molecule has 1 unspecified atom stereocenters. The number of hydrogen-bond acceptors (Lipinski definition) is 5. The van der Waals surface area contributed by atoms with Crippen LogP contribution in [0.15, 0.2) is 29.2 Å². The smallest absolute Gasteiger partial charge is 0.159 e. The number of benzene rings is 1. The molecule has 1 aromatic heterocycles. The highest BCUT2D eigenvalue weighted by Crippen LogP contribution is 2.41. The number of nitrogens with one attached hydrogen (secondary N) is 1. The van der Waals surface area contributed by atoms with Crippen LogP contribution in [0, 0.1) is 6.92 Å². The Balaban J connectivity index is 1.83. The molecule has 3 nitrogen and oxygen atoms in total. The number of para-hydroxylation sites is 1. The lowest BCUT2D eigenvalue weighted by atomic mass is 10.3. The van der Waals surface area contributed by atoms with Gasteiger partial charge in [-0.05, 0) is 26.1 Å². The number of aromatic nitrogens is 1. The third kappa shape index (κ3) is 2.63. The Morgan fingerprint density at radius 2 is 2.26 bits per heavy atom. The molecule has 0 amide bonds. The lowest BCUT2D eigenvalue weighted by Gasteiger charge is -2.23. The van der Waals surface area contributed by atoms with Gasteiger partial charge in [-0.2, -0.15) is 0 Å². The van der Waals surface area contributed by atoms with Crippen molar-refractivity contribution >= 4 is 23.1 Å². The molecule has 19 heavy (non-hydrogen) atoms. The summed E-state index contributed by atoms with van der Waals surface area (Å²) in [5.41, 5.74) is 1.11. The van der Waals surface area contributed by atoms with Gasteiger partial charge in [0.25, 0.3) is 0 Å². The molecule has 5 heteroatoms. The van der Waals surface area contributed by atoms with Crippen LogP contribution < -0.4 is 10.1 Å². The maximum absolute atomic E-state index is 6.07. The van der Waals surface area contributed by atoms with Gasteiger partial charge in [-0.25, -0.2) is 4.98 Å². The van der Waals surface area contributed by atoms with E-state index in [1.807, 2.05) is 37.0 Å². The fourth-order valence-corrected chi connectivity index (χ4v) is 4.26. The number of ether oxygens (including phenoxy) is 1. The number of thioether (sulfide) groups is 1. The third-order valence-corrected chi connectivity index (χ3v) is 5.40. The highest BCUT2D eigenvalue weighted by molar-refractivity contribution is 7.99. The van der Waals surface area contributed by atoms with Gasteiger partial charge in [-0.15, -0.1) is 23.1 Å². The highest BCUT2D eigenvalue weighted by Gasteiger charge is 2.25. The summed E-state index contributed by atoms with van der Waals surface area (Å²) in [6.07, 6.45) is 0.0780. The standard InChI is InChI=1S/C14H16N2OS2/c1-9-13(7-15-2)19-14(16-9)11-8-18-12-6-4-3-5-10(12)17-11/h3-6,11,15H,7-8H2,1-2H3. The van der Waals surface area contributed by atoms with Crippen LogP contribution >= 0.6 is 23.1 Å². The van der Waals surface area contributed by atoms with Crippen LogP contribution in [0.4, 0.5) is 0 Å². The van der Waals surface area contributed by atoms with Crippen LogP contribution in [0.3, 0.4) is 0 Å². The second-order valence-corrected chi connectivity index (χ2v) is 6.63. The lowest BCUT2D eigenvalue weighted by molar-refractivity contribution is 0.220. The summed E-state index contributed by atoms with van der Waals surface area (Å²) in [4.78, 5) is 7.19. The van der Waals surface area contributed by atoms with Gasteiger partial charge >= 0.3 is 0 Å². The average molecular weight is 292 g/mol. The van der Waals surface area contributed by atoms with Gasteiger partial charge in [0.05, 0.1) is 5.69 Å². The van der Waals surface area contributed by atoms with Crippen molar-refractivity contribution in [1.29, 1.82) is 0 Å². The van der Waals surface area contributed by atoms with Crippen molar-refractivity contribution in [2.75, 3.05) is 12.8 Å². The van der Waals surface area contributed by atoms with Crippen molar-refractivity contribution in [2.45, 2.75) is 24.5 Å². The van der Waals surface area contributed by atoms with E-state index in [9.17, 15) is 0 Å². The molecule has 2 aromatic rings. The number of rotatable bonds is 3. The first kappa shape index (κ1) is 13.0. The van der Waals surface area contributed by atoms with Crippen LogP contribution in [0.5, 0.6) is 5.75 Å². The van der Waals surface area contributed by atoms with Gasteiger partial charge in [-0.3, -0.25) is 0 Å². The second-order valence-electron chi connectivity index (χ2n) is 4.46. The first-order valence-electron chi connectivity index (χ1n) is 6.27. The summed E-state index contributed by atoms with van der Waals surface area (Å²) in [5, 5.41) is 4.27. The topological polar surface area (TPSA) is 34.1 Å². The number of nitrogens with zero attached hydrogens (tertiary/aromatic N) is 1. The van der Waals surface area contributed by atoms with E-state index in [0.29, 0.717) is 0 Å². The Labute approximate surface area is 121 Å². The van der Waals surface area contributed by atoms with Crippen molar-refractivity contribution in [3.63, 3.8) is 0 Å². The molecule has 0 saturated carbocycles. The van der Waals surface area contributed by atoms with E-state index in [4.69, 9.17) is 4.74 Å². The Bertz CT molecular complexity index is 583. The van der Waals surface area contributed by atoms with Crippen molar-refractivity contribution in [2.24, 2.45) is 0 Å². The molecule has 3 rings (SSSR count). The molecule has 0 saturated heterocycles. The fourth-order valence-electron chi connectivity index (χ4n) is 2.05.